The van der Waals surface area contributed by atoms with Crippen molar-refractivity contribution in [3.05, 3.63) is 0 Å². The Morgan fingerprint density at radius 1 is 1.20 bits per heavy atom. The SMILES string of the molecule is CN=C(NCCN1CCCCCC1)N1CCCC2(CNC(=O)C2)C1.I. The molecule has 3 rings (SSSR count). The number of likely N-dealkylation sites (tertiary alicyclic amines) is 2. The number of halogens is 1. The van der Waals surface area contributed by atoms with Gasteiger partial charge in [0.25, 0.3) is 0 Å². The molecule has 0 aromatic carbocycles. The zero-order valence-electron chi connectivity index (χ0n) is 15.6. The highest BCUT2D eigenvalue weighted by atomic mass is 127. The Labute approximate surface area is 169 Å². The number of guanidine groups is 1. The van der Waals surface area contributed by atoms with E-state index in [0.29, 0.717) is 6.42 Å². The summed E-state index contributed by atoms with van der Waals surface area (Å²) in [6, 6.07) is 0. The molecule has 3 aliphatic rings. The van der Waals surface area contributed by atoms with Crippen molar-refractivity contribution in [1.82, 2.24) is 20.4 Å². The van der Waals surface area contributed by atoms with Gasteiger partial charge < -0.3 is 20.4 Å². The summed E-state index contributed by atoms with van der Waals surface area (Å²) in [7, 11) is 1.87. The van der Waals surface area contributed by atoms with Crippen molar-refractivity contribution in [2.75, 3.05) is 52.9 Å². The number of piperidine rings is 1. The minimum atomic E-state index is 0. The van der Waals surface area contributed by atoms with Gasteiger partial charge in [-0.25, -0.2) is 0 Å². The normalized spacial score (nSPS) is 28.4. The van der Waals surface area contributed by atoms with Crippen LogP contribution in [0.1, 0.15) is 44.9 Å². The maximum absolute atomic E-state index is 11.7. The molecule has 0 bridgehead atoms. The molecule has 1 spiro atoms. The predicted octanol–water partition coefficient (Wildman–Crippen LogP) is 1.66. The summed E-state index contributed by atoms with van der Waals surface area (Å²) in [4.78, 5) is 21.1. The van der Waals surface area contributed by atoms with Gasteiger partial charge in [0.1, 0.15) is 0 Å². The third-order valence-corrected chi connectivity index (χ3v) is 5.78. The van der Waals surface area contributed by atoms with Crippen molar-refractivity contribution in [2.24, 2.45) is 10.4 Å². The standard InChI is InChI=1S/C18H33N5O.HI/c1-19-17(20-8-12-22-9-4-2-3-5-10-22)23-11-6-7-18(15-23)13-16(24)21-14-18;/h2-15H2,1H3,(H,19,20)(H,21,24);1H. The highest BCUT2D eigenvalue weighted by Crippen LogP contribution is 2.35. The molecule has 3 fully saturated rings. The number of nitrogens with zero attached hydrogens (tertiary/aromatic N) is 3. The molecule has 25 heavy (non-hydrogen) atoms. The lowest BCUT2D eigenvalue weighted by molar-refractivity contribution is -0.119. The molecule has 6 nitrogen and oxygen atoms in total. The van der Waals surface area contributed by atoms with Crippen LogP contribution in [-0.2, 0) is 4.79 Å². The van der Waals surface area contributed by atoms with E-state index in [1.807, 2.05) is 7.05 Å². The van der Waals surface area contributed by atoms with Gasteiger partial charge in [-0.15, -0.1) is 24.0 Å². The fraction of sp³-hybridized carbons (Fsp3) is 0.889. The molecule has 144 valence electrons. The van der Waals surface area contributed by atoms with Gasteiger partial charge in [-0.05, 0) is 38.8 Å². The predicted molar refractivity (Wildman–Crippen MR) is 113 cm³/mol. The van der Waals surface area contributed by atoms with Gasteiger partial charge in [0.05, 0.1) is 0 Å². The van der Waals surface area contributed by atoms with Crippen molar-refractivity contribution in [1.29, 1.82) is 0 Å². The van der Waals surface area contributed by atoms with Crippen LogP contribution in [0.2, 0.25) is 0 Å². The molecule has 3 aliphatic heterocycles. The second kappa shape index (κ2) is 9.94. The minimum Gasteiger partial charge on any atom is -0.355 e. The summed E-state index contributed by atoms with van der Waals surface area (Å²) in [5.41, 5.74) is 0.123. The van der Waals surface area contributed by atoms with E-state index in [-0.39, 0.29) is 35.3 Å². The van der Waals surface area contributed by atoms with Crippen molar-refractivity contribution < 1.29 is 4.79 Å². The highest BCUT2D eigenvalue weighted by molar-refractivity contribution is 14.0. The molecule has 0 aliphatic carbocycles. The molecule has 0 radical (unpaired) electrons. The average molecular weight is 463 g/mol. The van der Waals surface area contributed by atoms with Crippen molar-refractivity contribution in [2.45, 2.75) is 44.9 Å². The molecule has 7 heteroatoms. The van der Waals surface area contributed by atoms with Crippen LogP contribution in [0.15, 0.2) is 4.99 Å². The summed E-state index contributed by atoms with van der Waals surface area (Å²) in [6.45, 7) is 7.33. The molecule has 0 saturated carbocycles. The topological polar surface area (TPSA) is 60.0 Å². The van der Waals surface area contributed by atoms with Gasteiger partial charge in [-0.3, -0.25) is 9.79 Å². The maximum atomic E-state index is 11.7. The van der Waals surface area contributed by atoms with Gasteiger partial charge in [0.15, 0.2) is 5.96 Å². The first-order chi connectivity index (χ1) is 11.7. The lowest BCUT2D eigenvalue weighted by Gasteiger charge is -2.40. The molecule has 2 N–H and O–H groups in total. The van der Waals surface area contributed by atoms with Crippen molar-refractivity contribution >= 4 is 35.8 Å². The van der Waals surface area contributed by atoms with Crippen LogP contribution in [0.5, 0.6) is 0 Å². The number of amides is 1. The van der Waals surface area contributed by atoms with E-state index in [2.05, 4.69) is 25.4 Å². The smallest absolute Gasteiger partial charge is 0.220 e. The van der Waals surface area contributed by atoms with Gasteiger partial charge in [0.2, 0.25) is 5.91 Å². The van der Waals surface area contributed by atoms with Crippen LogP contribution in [0.4, 0.5) is 0 Å². The fourth-order valence-corrected chi connectivity index (χ4v) is 4.45. The van der Waals surface area contributed by atoms with E-state index in [9.17, 15) is 4.79 Å². The Balaban J connectivity index is 0.00000225. The number of aliphatic imine (C=N–C) groups is 1. The van der Waals surface area contributed by atoms with Gasteiger partial charge in [0, 0.05) is 51.6 Å². The largest absolute Gasteiger partial charge is 0.355 e. The van der Waals surface area contributed by atoms with Crippen LogP contribution in [0.25, 0.3) is 0 Å². The van der Waals surface area contributed by atoms with E-state index in [0.717, 1.165) is 51.5 Å². The first-order valence-electron chi connectivity index (χ1n) is 9.65. The Kier molecular flexibility index (Phi) is 8.25. The van der Waals surface area contributed by atoms with Crippen LogP contribution in [-0.4, -0.2) is 74.5 Å². The van der Waals surface area contributed by atoms with Crippen LogP contribution < -0.4 is 10.6 Å². The third kappa shape index (κ3) is 5.70. The lowest BCUT2D eigenvalue weighted by atomic mass is 9.79. The fourth-order valence-electron chi connectivity index (χ4n) is 4.45. The molecular weight excluding hydrogens is 429 g/mol. The number of hydrogen-bond acceptors (Lipinski definition) is 3. The Morgan fingerprint density at radius 2 is 1.96 bits per heavy atom. The van der Waals surface area contributed by atoms with Crippen LogP contribution in [0.3, 0.4) is 0 Å². The van der Waals surface area contributed by atoms with Crippen molar-refractivity contribution in [3.8, 4) is 0 Å². The second-order valence-corrected chi connectivity index (χ2v) is 7.71. The summed E-state index contributed by atoms with van der Waals surface area (Å²) in [5, 5.41) is 6.57. The second-order valence-electron chi connectivity index (χ2n) is 7.71. The molecule has 1 atom stereocenters. The summed E-state index contributed by atoms with van der Waals surface area (Å²) in [6.07, 6.45) is 8.40. The third-order valence-electron chi connectivity index (χ3n) is 5.78. The Bertz CT molecular complexity index is 464. The summed E-state index contributed by atoms with van der Waals surface area (Å²) >= 11 is 0. The van der Waals surface area contributed by atoms with Crippen molar-refractivity contribution in [3.63, 3.8) is 0 Å². The molecule has 3 heterocycles. The first-order valence-corrected chi connectivity index (χ1v) is 9.65. The summed E-state index contributed by atoms with van der Waals surface area (Å²) in [5.74, 6) is 1.21. The van der Waals surface area contributed by atoms with Crippen LogP contribution >= 0.6 is 24.0 Å². The van der Waals surface area contributed by atoms with E-state index in [1.54, 1.807) is 0 Å². The lowest BCUT2D eigenvalue weighted by Crippen LogP contribution is -2.52. The zero-order chi connectivity index (χ0) is 16.8. The van der Waals surface area contributed by atoms with Gasteiger partial charge in [-0.2, -0.15) is 0 Å². The Hall–Kier alpha value is -0.570. The zero-order valence-corrected chi connectivity index (χ0v) is 17.9. The van der Waals surface area contributed by atoms with E-state index < -0.39 is 0 Å². The average Bonchev–Trinajstić information content (AvgIpc) is 2.78. The maximum Gasteiger partial charge on any atom is 0.220 e. The number of nitrogens with one attached hydrogen (secondary N) is 2. The molecule has 0 aromatic heterocycles. The monoisotopic (exact) mass is 463 g/mol. The quantitative estimate of drug-likeness (QED) is 0.380. The van der Waals surface area contributed by atoms with E-state index >= 15 is 0 Å². The van der Waals surface area contributed by atoms with Gasteiger partial charge >= 0.3 is 0 Å². The van der Waals surface area contributed by atoms with Gasteiger partial charge in [-0.1, -0.05) is 12.8 Å². The molecule has 1 unspecified atom stereocenters. The van der Waals surface area contributed by atoms with Crippen LogP contribution in [0, 0.1) is 5.41 Å². The minimum absolute atomic E-state index is 0. The van der Waals surface area contributed by atoms with E-state index in [1.165, 1.54) is 38.8 Å². The number of rotatable bonds is 3. The molecule has 0 aromatic rings. The first kappa shape index (κ1) is 20.7. The number of carbonyl (C=O) groups is 1. The molecular formula is C18H34IN5O. The molecule has 1 amide bonds. The Morgan fingerprint density at radius 3 is 2.60 bits per heavy atom. The van der Waals surface area contributed by atoms with E-state index in [4.69, 9.17) is 0 Å². The summed E-state index contributed by atoms with van der Waals surface area (Å²) < 4.78 is 0. The highest BCUT2D eigenvalue weighted by Gasteiger charge is 2.42. The number of hydrogen-bond donors (Lipinski definition) is 2. The number of carbonyl (C=O) groups excluding carboxylic acids is 1. The molecule has 3 saturated heterocycles.